The molecule has 1 saturated carbocycles. The Hall–Kier alpha value is -1.95. The third-order valence-electron chi connectivity index (χ3n) is 3.46. The summed E-state index contributed by atoms with van der Waals surface area (Å²) in [6.45, 7) is 2.45. The first-order valence-electron chi connectivity index (χ1n) is 7.39. The number of aryl methyl sites for hydroxylation is 1. The van der Waals surface area contributed by atoms with Crippen LogP contribution in [0.3, 0.4) is 0 Å². The number of carbonyl (C=O) groups is 1. The summed E-state index contributed by atoms with van der Waals surface area (Å²) in [6, 6.07) is 5.80. The molecule has 0 spiro atoms. The number of nitrogens with zero attached hydrogens (tertiary/aromatic N) is 3. The summed E-state index contributed by atoms with van der Waals surface area (Å²) in [6.07, 6.45) is 5.74. The number of aromatic nitrogens is 3. The Morgan fingerprint density at radius 2 is 2.23 bits per heavy atom. The average molecular weight is 314 g/mol. The number of carbonyl (C=O) groups excluding carboxylic acids is 1. The predicted molar refractivity (Wildman–Crippen MR) is 86.0 cm³/mol. The van der Waals surface area contributed by atoms with Crippen LogP contribution in [0.1, 0.15) is 40.6 Å². The van der Waals surface area contributed by atoms with Gasteiger partial charge in [0, 0.05) is 30.6 Å². The van der Waals surface area contributed by atoms with Crippen LogP contribution < -0.4 is 5.32 Å². The molecule has 5 nitrogen and oxygen atoms in total. The Morgan fingerprint density at radius 1 is 1.36 bits per heavy atom. The van der Waals surface area contributed by atoms with Crippen molar-refractivity contribution in [2.45, 2.75) is 30.7 Å². The van der Waals surface area contributed by atoms with Gasteiger partial charge in [-0.2, -0.15) is 0 Å². The van der Waals surface area contributed by atoms with E-state index in [1.165, 1.54) is 0 Å². The number of nitrogens with one attached hydrogen (secondary N) is 1. The minimum absolute atomic E-state index is 0.110. The van der Waals surface area contributed by atoms with Gasteiger partial charge in [-0.1, -0.05) is 6.07 Å². The molecule has 114 valence electrons. The summed E-state index contributed by atoms with van der Waals surface area (Å²) in [5.74, 6) is 2.05. The summed E-state index contributed by atoms with van der Waals surface area (Å²) in [5, 5.41) is 3.87. The third-order valence-corrected chi connectivity index (χ3v) is 4.41. The number of rotatable bonds is 6. The molecular weight excluding hydrogens is 296 g/mol. The molecule has 2 aromatic heterocycles. The van der Waals surface area contributed by atoms with Gasteiger partial charge in [0.1, 0.15) is 5.82 Å². The van der Waals surface area contributed by atoms with Crippen molar-refractivity contribution in [2.75, 3.05) is 12.3 Å². The molecule has 2 aromatic rings. The Labute approximate surface area is 134 Å². The lowest BCUT2D eigenvalue weighted by molar-refractivity contribution is 0.0954. The van der Waals surface area contributed by atoms with Gasteiger partial charge in [-0.25, -0.2) is 15.0 Å². The second kappa shape index (κ2) is 6.87. The van der Waals surface area contributed by atoms with Crippen LogP contribution in [0.2, 0.25) is 0 Å². The molecule has 0 unspecified atom stereocenters. The molecule has 3 rings (SSSR count). The van der Waals surface area contributed by atoms with Gasteiger partial charge in [-0.05, 0) is 31.9 Å². The Kier molecular flexibility index (Phi) is 4.68. The van der Waals surface area contributed by atoms with Crippen LogP contribution in [0.25, 0.3) is 0 Å². The normalized spacial score (nSPS) is 13.9. The van der Waals surface area contributed by atoms with Crippen molar-refractivity contribution in [2.24, 2.45) is 0 Å². The standard InChI is InChI=1S/C16H18N4OS/c1-11-13(10-19-15(20-11)12-5-6-12)16(21)18-8-9-22-14-4-2-3-7-17-14/h2-4,7,10,12H,5-6,8-9H2,1H3,(H,18,21). The van der Waals surface area contributed by atoms with Crippen LogP contribution >= 0.6 is 11.8 Å². The largest absolute Gasteiger partial charge is 0.351 e. The van der Waals surface area contributed by atoms with E-state index in [9.17, 15) is 4.79 Å². The first-order valence-corrected chi connectivity index (χ1v) is 8.38. The number of amides is 1. The average Bonchev–Trinajstić information content (AvgIpc) is 3.37. The molecule has 0 radical (unpaired) electrons. The molecular formula is C16H18N4OS. The van der Waals surface area contributed by atoms with Gasteiger partial charge in [0.25, 0.3) is 5.91 Å². The topological polar surface area (TPSA) is 67.8 Å². The minimum Gasteiger partial charge on any atom is -0.351 e. The van der Waals surface area contributed by atoms with Gasteiger partial charge < -0.3 is 5.32 Å². The lowest BCUT2D eigenvalue weighted by Crippen LogP contribution is -2.27. The first-order chi connectivity index (χ1) is 10.7. The Bertz CT molecular complexity index is 658. The molecule has 0 saturated heterocycles. The number of hydrogen-bond donors (Lipinski definition) is 1. The lowest BCUT2D eigenvalue weighted by Gasteiger charge is -2.08. The van der Waals surface area contributed by atoms with E-state index >= 15 is 0 Å². The fourth-order valence-corrected chi connectivity index (χ4v) is 2.82. The number of thioether (sulfide) groups is 1. The highest BCUT2D eigenvalue weighted by Crippen LogP contribution is 2.37. The van der Waals surface area contributed by atoms with E-state index in [2.05, 4.69) is 20.3 Å². The molecule has 0 aromatic carbocycles. The van der Waals surface area contributed by atoms with Crippen LogP contribution in [0.15, 0.2) is 35.6 Å². The third kappa shape index (κ3) is 3.82. The van der Waals surface area contributed by atoms with Crippen molar-refractivity contribution in [3.8, 4) is 0 Å². The Morgan fingerprint density at radius 3 is 2.91 bits per heavy atom. The first kappa shape index (κ1) is 15.0. The second-order valence-corrected chi connectivity index (χ2v) is 6.39. The van der Waals surface area contributed by atoms with Crippen molar-refractivity contribution in [3.63, 3.8) is 0 Å². The predicted octanol–water partition coefficient (Wildman–Crippen LogP) is 2.58. The maximum absolute atomic E-state index is 12.2. The van der Waals surface area contributed by atoms with E-state index in [0.29, 0.717) is 18.0 Å². The van der Waals surface area contributed by atoms with Crippen LogP contribution in [0, 0.1) is 6.92 Å². The van der Waals surface area contributed by atoms with Crippen LogP contribution in [0.5, 0.6) is 0 Å². The quantitative estimate of drug-likeness (QED) is 0.655. The zero-order chi connectivity index (χ0) is 15.4. The zero-order valence-electron chi connectivity index (χ0n) is 12.5. The van der Waals surface area contributed by atoms with E-state index in [-0.39, 0.29) is 5.91 Å². The Balaban J connectivity index is 1.49. The lowest BCUT2D eigenvalue weighted by atomic mass is 10.2. The molecule has 1 N–H and O–H groups in total. The number of hydrogen-bond acceptors (Lipinski definition) is 5. The minimum atomic E-state index is -0.110. The smallest absolute Gasteiger partial charge is 0.254 e. The van der Waals surface area contributed by atoms with Gasteiger partial charge in [-0.15, -0.1) is 11.8 Å². The van der Waals surface area contributed by atoms with Crippen molar-refractivity contribution in [3.05, 3.63) is 47.7 Å². The molecule has 2 heterocycles. The maximum Gasteiger partial charge on any atom is 0.254 e. The maximum atomic E-state index is 12.2. The van der Waals surface area contributed by atoms with E-state index in [1.807, 2.05) is 25.1 Å². The van der Waals surface area contributed by atoms with Crippen LogP contribution in [-0.4, -0.2) is 33.2 Å². The van der Waals surface area contributed by atoms with Gasteiger partial charge in [0.05, 0.1) is 16.3 Å². The fraction of sp³-hybridized carbons (Fsp3) is 0.375. The van der Waals surface area contributed by atoms with E-state index in [0.717, 1.165) is 35.1 Å². The zero-order valence-corrected chi connectivity index (χ0v) is 13.3. The molecule has 1 aliphatic rings. The van der Waals surface area contributed by atoms with Crippen molar-refractivity contribution >= 4 is 17.7 Å². The van der Waals surface area contributed by atoms with Crippen LogP contribution in [0.4, 0.5) is 0 Å². The molecule has 1 aliphatic carbocycles. The molecule has 1 fully saturated rings. The fourth-order valence-electron chi connectivity index (χ4n) is 2.09. The molecule has 6 heteroatoms. The van der Waals surface area contributed by atoms with Gasteiger partial charge >= 0.3 is 0 Å². The molecule has 0 atom stereocenters. The monoisotopic (exact) mass is 314 g/mol. The second-order valence-electron chi connectivity index (χ2n) is 5.27. The van der Waals surface area contributed by atoms with Crippen molar-refractivity contribution < 1.29 is 4.79 Å². The van der Waals surface area contributed by atoms with E-state index < -0.39 is 0 Å². The summed E-state index contributed by atoms with van der Waals surface area (Å²) < 4.78 is 0. The van der Waals surface area contributed by atoms with Gasteiger partial charge in [0.15, 0.2) is 0 Å². The number of pyridine rings is 1. The summed E-state index contributed by atoms with van der Waals surface area (Å²) in [7, 11) is 0. The SMILES string of the molecule is Cc1nc(C2CC2)ncc1C(=O)NCCSc1ccccn1. The van der Waals surface area contributed by atoms with Gasteiger partial charge in [0.2, 0.25) is 0 Å². The van der Waals surface area contributed by atoms with Crippen molar-refractivity contribution in [1.82, 2.24) is 20.3 Å². The summed E-state index contributed by atoms with van der Waals surface area (Å²) in [4.78, 5) is 25.1. The summed E-state index contributed by atoms with van der Waals surface area (Å²) >= 11 is 1.62. The van der Waals surface area contributed by atoms with E-state index in [1.54, 1.807) is 24.2 Å². The molecule has 0 aliphatic heterocycles. The highest BCUT2D eigenvalue weighted by atomic mass is 32.2. The van der Waals surface area contributed by atoms with E-state index in [4.69, 9.17) is 0 Å². The molecule has 22 heavy (non-hydrogen) atoms. The molecule has 0 bridgehead atoms. The molecule has 1 amide bonds. The highest BCUT2D eigenvalue weighted by Gasteiger charge is 2.27. The van der Waals surface area contributed by atoms with Crippen LogP contribution in [-0.2, 0) is 0 Å². The highest BCUT2D eigenvalue weighted by molar-refractivity contribution is 7.99. The summed E-state index contributed by atoms with van der Waals surface area (Å²) in [5.41, 5.74) is 1.32. The van der Waals surface area contributed by atoms with Crippen molar-refractivity contribution in [1.29, 1.82) is 0 Å². The van der Waals surface area contributed by atoms with Gasteiger partial charge in [-0.3, -0.25) is 4.79 Å².